The molecule has 1 saturated heterocycles. The van der Waals surface area contributed by atoms with Crippen LogP contribution in [-0.4, -0.2) is 42.4 Å². The van der Waals surface area contributed by atoms with Crippen LogP contribution in [0.2, 0.25) is 5.02 Å². The van der Waals surface area contributed by atoms with Gasteiger partial charge in [0.25, 0.3) is 0 Å². The maximum atomic E-state index is 10.0. The van der Waals surface area contributed by atoms with E-state index in [2.05, 4.69) is 4.90 Å². The average molecular weight is 284 g/mol. The predicted molar refractivity (Wildman–Crippen MR) is 77.9 cm³/mol. The third-order valence-corrected chi connectivity index (χ3v) is 3.75. The lowest BCUT2D eigenvalue weighted by molar-refractivity contribution is 0.0694. The van der Waals surface area contributed by atoms with Gasteiger partial charge in [-0.25, -0.2) is 0 Å². The molecule has 0 spiro atoms. The number of β-amino-alcohol motifs (C(OH)–C–C–N with tert-alkyl or cyclic N) is 1. The van der Waals surface area contributed by atoms with E-state index in [1.165, 1.54) is 25.7 Å². The topological polar surface area (TPSA) is 32.7 Å². The minimum absolute atomic E-state index is 0.292. The predicted octanol–water partition coefficient (Wildman–Crippen LogP) is 2.96. The minimum Gasteiger partial charge on any atom is -0.489 e. The molecule has 1 aromatic rings. The van der Waals surface area contributed by atoms with Crippen LogP contribution in [0.15, 0.2) is 24.3 Å². The van der Waals surface area contributed by atoms with Crippen LogP contribution in [0.1, 0.15) is 25.7 Å². The number of halogens is 1. The van der Waals surface area contributed by atoms with Crippen LogP contribution in [0.4, 0.5) is 0 Å². The van der Waals surface area contributed by atoms with Gasteiger partial charge in [-0.3, -0.25) is 0 Å². The van der Waals surface area contributed by atoms with Crippen LogP contribution < -0.4 is 4.74 Å². The first-order valence-corrected chi connectivity index (χ1v) is 7.41. The summed E-state index contributed by atoms with van der Waals surface area (Å²) in [6.07, 6.45) is 4.62. The Bertz CT molecular complexity index is 378. The van der Waals surface area contributed by atoms with Crippen molar-refractivity contribution in [2.45, 2.75) is 31.8 Å². The molecule has 0 saturated carbocycles. The summed E-state index contributed by atoms with van der Waals surface area (Å²) in [6.45, 7) is 3.15. The van der Waals surface area contributed by atoms with Gasteiger partial charge >= 0.3 is 0 Å². The van der Waals surface area contributed by atoms with Gasteiger partial charge < -0.3 is 14.7 Å². The lowest BCUT2D eigenvalue weighted by Gasteiger charge is -2.23. The fourth-order valence-corrected chi connectivity index (χ4v) is 2.61. The van der Waals surface area contributed by atoms with E-state index in [1.807, 2.05) is 18.2 Å². The summed E-state index contributed by atoms with van der Waals surface area (Å²) in [4.78, 5) is 2.33. The lowest BCUT2D eigenvalue weighted by Crippen LogP contribution is -2.36. The van der Waals surface area contributed by atoms with E-state index >= 15 is 0 Å². The zero-order chi connectivity index (χ0) is 13.5. The molecule has 1 aliphatic heterocycles. The van der Waals surface area contributed by atoms with E-state index in [0.717, 1.165) is 13.1 Å². The van der Waals surface area contributed by atoms with E-state index in [9.17, 15) is 5.11 Å². The Balaban J connectivity index is 1.74. The lowest BCUT2D eigenvalue weighted by atomic mass is 10.2. The fourth-order valence-electron chi connectivity index (χ4n) is 2.42. The number of para-hydroxylation sites is 1. The van der Waals surface area contributed by atoms with Crippen molar-refractivity contribution < 1.29 is 9.84 Å². The number of aliphatic hydroxyl groups is 1. The van der Waals surface area contributed by atoms with Crippen LogP contribution in [0.3, 0.4) is 0 Å². The highest BCUT2D eigenvalue weighted by atomic mass is 35.5. The molecule has 0 radical (unpaired) electrons. The number of ether oxygens (including phenoxy) is 1. The van der Waals surface area contributed by atoms with Crippen LogP contribution in [-0.2, 0) is 0 Å². The molecular weight excluding hydrogens is 262 g/mol. The molecular formula is C15H22ClNO2. The molecule has 1 aliphatic rings. The number of hydrogen-bond acceptors (Lipinski definition) is 3. The Morgan fingerprint density at radius 2 is 1.84 bits per heavy atom. The highest BCUT2D eigenvalue weighted by Gasteiger charge is 2.14. The highest BCUT2D eigenvalue weighted by Crippen LogP contribution is 2.23. The number of benzene rings is 1. The van der Waals surface area contributed by atoms with Crippen LogP contribution in [0.5, 0.6) is 5.75 Å². The first-order valence-electron chi connectivity index (χ1n) is 7.03. The maximum Gasteiger partial charge on any atom is 0.138 e. The van der Waals surface area contributed by atoms with Crippen molar-refractivity contribution in [3.63, 3.8) is 0 Å². The van der Waals surface area contributed by atoms with Gasteiger partial charge in [0.05, 0.1) is 5.02 Å². The zero-order valence-corrected chi connectivity index (χ0v) is 12.0. The van der Waals surface area contributed by atoms with Crippen molar-refractivity contribution in [1.29, 1.82) is 0 Å². The Hall–Kier alpha value is -0.770. The van der Waals surface area contributed by atoms with E-state index in [0.29, 0.717) is 23.9 Å². The minimum atomic E-state index is -0.464. The summed E-state index contributed by atoms with van der Waals surface area (Å²) in [5.74, 6) is 0.638. The standard InChI is InChI=1S/C15H22ClNO2/c16-14-7-3-4-8-15(14)19-12-13(18)11-17-9-5-1-2-6-10-17/h3-4,7-8,13,18H,1-2,5-6,9-12H2. The third kappa shape index (κ3) is 5.01. The smallest absolute Gasteiger partial charge is 0.138 e. The largest absolute Gasteiger partial charge is 0.489 e. The van der Waals surface area contributed by atoms with Gasteiger partial charge in [0.15, 0.2) is 0 Å². The fraction of sp³-hybridized carbons (Fsp3) is 0.600. The molecule has 4 heteroatoms. The number of aliphatic hydroxyl groups excluding tert-OH is 1. The van der Waals surface area contributed by atoms with Crippen LogP contribution >= 0.6 is 11.6 Å². The van der Waals surface area contributed by atoms with Crippen LogP contribution in [0, 0.1) is 0 Å². The van der Waals surface area contributed by atoms with Gasteiger partial charge in [0, 0.05) is 6.54 Å². The first-order chi connectivity index (χ1) is 9.25. The summed E-state index contributed by atoms with van der Waals surface area (Å²) in [5.41, 5.74) is 0. The normalized spacial score (nSPS) is 18.8. The highest BCUT2D eigenvalue weighted by molar-refractivity contribution is 6.32. The molecule has 0 aromatic heterocycles. The van der Waals surface area contributed by atoms with Crippen molar-refractivity contribution in [3.8, 4) is 5.75 Å². The van der Waals surface area contributed by atoms with E-state index in [-0.39, 0.29) is 0 Å². The van der Waals surface area contributed by atoms with Gasteiger partial charge in [-0.2, -0.15) is 0 Å². The molecule has 1 heterocycles. The summed E-state index contributed by atoms with van der Waals surface area (Å²) >= 11 is 6.00. The molecule has 0 amide bonds. The summed E-state index contributed by atoms with van der Waals surface area (Å²) in [7, 11) is 0. The second kappa shape index (κ2) is 7.73. The first kappa shape index (κ1) is 14.6. The molecule has 106 valence electrons. The molecule has 3 nitrogen and oxygen atoms in total. The van der Waals surface area contributed by atoms with Crippen molar-refractivity contribution in [3.05, 3.63) is 29.3 Å². The average Bonchev–Trinajstić information content (AvgIpc) is 2.66. The van der Waals surface area contributed by atoms with Crippen molar-refractivity contribution in [2.75, 3.05) is 26.2 Å². The molecule has 1 atom stereocenters. The number of likely N-dealkylation sites (tertiary alicyclic amines) is 1. The van der Waals surface area contributed by atoms with E-state index in [1.54, 1.807) is 6.07 Å². The molecule has 1 fully saturated rings. The molecule has 1 unspecified atom stereocenters. The zero-order valence-electron chi connectivity index (χ0n) is 11.2. The van der Waals surface area contributed by atoms with Crippen molar-refractivity contribution in [1.82, 2.24) is 4.90 Å². The van der Waals surface area contributed by atoms with Gasteiger partial charge in [-0.05, 0) is 38.1 Å². The molecule has 0 bridgehead atoms. The van der Waals surface area contributed by atoms with Gasteiger partial charge in [-0.15, -0.1) is 0 Å². The third-order valence-electron chi connectivity index (χ3n) is 3.44. The molecule has 1 N–H and O–H groups in total. The molecule has 19 heavy (non-hydrogen) atoms. The summed E-state index contributed by atoms with van der Waals surface area (Å²) in [5, 5.41) is 10.6. The van der Waals surface area contributed by atoms with Crippen molar-refractivity contribution >= 4 is 11.6 Å². The number of hydrogen-bond donors (Lipinski definition) is 1. The van der Waals surface area contributed by atoms with Crippen molar-refractivity contribution in [2.24, 2.45) is 0 Å². The SMILES string of the molecule is OC(COc1ccccc1Cl)CN1CCCCCC1. The van der Waals surface area contributed by atoms with Crippen LogP contribution in [0.25, 0.3) is 0 Å². The summed E-state index contributed by atoms with van der Waals surface area (Å²) in [6, 6.07) is 7.35. The quantitative estimate of drug-likeness (QED) is 0.902. The van der Waals surface area contributed by atoms with E-state index in [4.69, 9.17) is 16.3 Å². The van der Waals surface area contributed by atoms with Gasteiger partial charge in [-0.1, -0.05) is 36.6 Å². The van der Waals surface area contributed by atoms with Gasteiger partial charge in [0.2, 0.25) is 0 Å². The number of nitrogens with zero attached hydrogens (tertiary/aromatic N) is 1. The second-order valence-corrected chi connectivity index (χ2v) is 5.52. The maximum absolute atomic E-state index is 10.0. The molecule has 2 rings (SSSR count). The molecule has 0 aliphatic carbocycles. The number of rotatable bonds is 5. The Morgan fingerprint density at radius 1 is 1.16 bits per heavy atom. The Morgan fingerprint density at radius 3 is 2.53 bits per heavy atom. The Kier molecular flexibility index (Phi) is 5.95. The molecule has 1 aromatic carbocycles. The summed E-state index contributed by atoms with van der Waals surface area (Å²) < 4.78 is 5.56. The van der Waals surface area contributed by atoms with Gasteiger partial charge in [0.1, 0.15) is 18.5 Å². The monoisotopic (exact) mass is 283 g/mol. The van der Waals surface area contributed by atoms with E-state index < -0.39 is 6.10 Å². The second-order valence-electron chi connectivity index (χ2n) is 5.11. The Labute approximate surface area is 120 Å².